The van der Waals surface area contributed by atoms with Crippen molar-refractivity contribution < 1.29 is 4.74 Å². The molecular formula is C14H11NOS2. The molecular weight excluding hydrogens is 262 g/mol. The molecule has 0 fully saturated rings. The summed E-state index contributed by atoms with van der Waals surface area (Å²) >= 11 is 3.46. The van der Waals surface area contributed by atoms with E-state index in [0.717, 1.165) is 16.3 Å². The largest absolute Gasteiger partial charge is 0.497 e. The Morgan fingerprint density at radius 2 is 1.89 bits per heavy atom. The number of thiazole rings is 1. The first kappa shape index (κ1) is 11.4. The minimum atomic E-state index is 0.869. The molecule has 0 atom stereocenters. The Labute approximate surface area is 114 Å². The quantitative estimate of drug-likeness (QED) is 0.698. The van der Waals surface area contributed by atoms with E-state index in [-0.39, 0.29) is 0 Å². The Bertz CT molecular complexity index is 626. The van der Waals surface area contributed by atoms with E-state index < -0.39 is 0 Å². The van der Waals surface area contributed by atoms with Gasteiger partial charge in [-0.2, -0.15) is 0 Å². The van der Waals surface area contributed by atoms with Crippen molar-refractivity contribution in [1.29, 1.82) is 0 Å². The highest BCUT2D eigenvalue weighted by molar-refractivity contribution is 7.22. The molecule has 2 heterocycles. The Balaban J connectivity index is 1.92. The van der Waals surface area contributed by atoms with Gasteiger partial charge in [-0.1, -0.05) is 6.07 Å². The zero-order chi connectivity index (χ0) is 12.4. The Hall–Kier alpha value is -1.65. The number of ether oxygens (including phenoxy) is 1. The molecule has 0 bridgehead atoms. The second-order valence-corrected chi connectivity index (χ2v) is 5.71. The van der Waals surface area contributed by atoms with Crippen LogP contribution in [0.1, 0.15) is 0 Å². The van der Waals surface area contributed by atoms with Crippen molar-refractivity contribution in [2.24, 2.45) is 0 Å². The lowest BCUT2D eigenvalue weighted by molar-refractivity contribution is 0.415. The van der Waals surface area contributed by atoms with E-state index in [1.807, 2.05) is 30.5 Å². The summed E-state index contributed by atoms with van der Waals surface area (Å²) < 4.78 is 5.15. The lowest BCUT2D eigenvalue weighted by atomic mass is 10.2. The summed E-state index contributed by atoms with van der Waals surface area (Å²) in [7, 11) is 1.67. The van der Waals surface area contributed by atoms with E-state index in [1.54, 1.807) is 29.8 Å². The molecule has 0 amide bonds. The smallest absolute Gasteiger partial charge is 0.123 e. The molecule has 3 rings (SSSR count). The molecule has 0 aliphatic rings. The van der Waals surface area contributed by atoms with Crippen molar-refractivity contribution in [2.45, 2.75) is 0 Å². The van der Waals surface area contributed by atoms with Gasteiger partial charge in [0, 0.05) is 16.6 Å². The van der Waals surface area contributed by atoms with E-state index >= 15 is 0 Å². The first-order chi connectivity index (χ1) is 8.86. The molecule has 0 unspecified atom stereocenters. The maximum Gasteiger partial charge on any atom is 0.123 e. The van der Waals surface area contributed by atoms with Crippen LogP contribution < -0.4 is 4.74 Å². The number of thiophene rings is 1. The summed E-state index contributed by atoms with van der Waals surface area (Å²) in [6.45, 7) is 0. The van der Waals surface area contributed by atoms with Crippen LogP contribution in [-0.4, -0.2) is 12.1 Å². The highest BCUT2D eigenvalue weighted by atomic mass is 32.1. The predicted octanol–water partition coefficient (Wildman–Crippen LogP) is 4.55. The fourth-order valence-corrected chi connectivity index (χ4v) is 3.41. The van der Waals surface area contributed by atoms with Crippen molar-refractivity contribution in [3.63, 3.8) is 0 Å². The maximum atomic E-state index is 5.15. The summed E-state index contributed by atoms with van der Waals surface area (Å²) in [5.74, 6) is 0.869. The van der Waals surface area contributed by atoms with E-state index in [9.17, 15) is 0 Å². The minimum Gasteiger partial charge on any atom is -0.497 e. The van der Waals surface area contributed by atoms with Crippen molar-refractivity contribution in [2.75, 3.05) is 7.11 Å². The Morgan fingerprint density at radius 3 is 2.56 bits per heavy atom. The molecule has 3 aromatic rings. The summed E-state index contributed by atoms with van der Waals surface area (Å²) in [4.78, 5) is 6.97. The van der Waals surface area contributed by atoms with Crippen LogP contribution in [0.3, 0.4) is 0 Å². The number of methoxy groups -OCH3 is 1. The standard InChI is InChI=1S/C14H11NOS2/c1-16-11-6-4-10(5-7-11)14-15-9-13(18-14)12-3-2-8-17-12/h2-9H,1H3. The summed E-state index contributed by atoms with van der Waals surface area (Å²) in [5, 5.41) is 3.13. The molecule has 0 saturated carbocycles. The van der Waals surface area contributed by atoms with Gasteiger partial charge in [0.2, 0.25) is 0 Å². The molecule has 0 radical (unpaired) electrons. The topological polar surface area (TPSA) is 22.1 Å². The highest BCUT2D eigenvalue weighted by Crippen LogP contribution is 2.34. The van der Waals surface area contributed by atoms with Gasteiger partial charge in [-0.25, -0.2) is 4.98 Å². The number of aromatic nitrogens is 1. The fraction of sp³-hybridized carbons (Fsp3) is 0.0714. The summed E-state index contributed by atoms with van der Waals surface area (Å²) in [6.07, 6.45) is 1.94. The van der Waals surface area contributed by atoms with Crippen LogP contribution in [-0.2, 0) is 0 Å². The van der Waals surface area contributed by atoms with Crippen molar-refractivity contribution in [3.05, 3.63) is 48.0 Å². The number of hydrogen-bond donors (Lipinski definition) is 0. The average Bonchev–Trinajstić information content (AvgIpc) is 3.09. The normalized spacial score (nSPS) is 10.5. The van der Waals surface area contributed by atoms with Gasteiger partial charge >= 0.3 is 0 Å². The number of hydrogen-bond acceptors (Lipinski definition) is 4. The fourth-order valence-electron chi connectivity index (χ4n) is 1.67. The second kappa shape index (κ2) is 4.92. The second-order valence-electron chi connectivity index (χ2n) is 3.74. The molecule has 0 spiro atoms. The molecule has 18 heavy (non-hydrogen) atoms. The lowest BCUT2D eigenvalue weighted by Crippen LogP contribution is -1.81. The van der Waals surface area contributed by atoms with Crippen LogP contribution in [0.4, 0.5) is 0 Å². The monoisotopic (exact) mass is 273 g/mol. The molecule has 1 aromatic carbocycles. The first-order valence-electron chi connectivity index (χ1n) is 5.51. The van der Waals surface area contributed by atoms with Crippen LogP contribution in [0.5, 0.6) is 5.75 Å². The van der Waals surface area contributed by atoms with Gasteiger partial charge in [-0.05, 0) is 35.7 Å². The molecule has 0 saturated heterocycles. The number of benzene rings is 1. The molecule has 0 aliphatic carbocycles. The Kier molecular flexibility index (Phi) is 3.13. The van der Waals surface area contributed by atoms with Crippen LogP contribution in [0.2, 0.25) is 0 Å². The number of rotatable bonds is 3. The van der Waals surface area contributed by atoms with Crippen molar-refractivity contribution in [3.8, 4) is 26.1 Å². The van der Waals surface area contributed by atoms with Crippen LogP contribution in [0.15, 0.2) is 48.0 Å². The van der Waals surface area contributed by atoms with Gasteiger partial charge in [0.1, 0.15) is 10.8 Å². The highest BCUT2D eigenvalue weighted by Gasteiger charge is 2.07. The first-order valence-corrected chi connectivity index (χ1v) is 7.20. The van der Waals surface area contributed by atoms with E-state index in [4.69, 9.17) is 4.74 Å². The molecule has 0 aliphatic heterocycles. The number of nitrogens with zero attached hydrogens (tertiary/aromatic N) is 1. The summed E-state index contributed by atoms with van der Waals surface area (Å²) in [5.41, 5.74) is 1.13. The zero-order valence-corrected chi connectivity index (χ0v) is 11.4. The molecule has 2 nitrogen and oxygen atoms in total. The lowest BCUT2D eigenvalue weighted by Gasteiger charge is -1.99. The average molecular weight is 273 g/mol. The van der Waals surface area contributed by atoms with Crippen LogP contribution in [0, 0.1) is 0 Å². The molecule has 0 N–H and O–H groups in total. The maximum absolute atomic E-state index is 5.15. The van der Waals surface area contributed by atoms with Crippen LogP contribution in [0.25, 0.3) is 20.3 Å². The van der Waals surface area contributed by atoms with E-state index in [0.29, 0.717) is 0 Å². The van der Waals surface area contributed by atoms with Gasteiger partial charge in [0.15, 0.2) is 0 Å². The van der Waals surface area contributed by atoms with Gasteiger partial charge < -0.3 is 4.74 Å². The van der Waals surface area contributed by atoms with E-state index in [2.05, 4.69) is 22.5 Å². The SMILES string of the molecule is COc1ccc(-c2ncc(-c3cccs3)s2)cc1. The van der Waals surface area contributed by atoms with Gasteiger partial charge in [0.05, 0.1) is 12.0 Å². The van der Waals surface area contributed by atoms with Gasteiger partial charge in [-0.3, -0.25) is 0 Å². The third kappa shape index (κ3) is 2.17. The zero-order valence-electron chi connectivity index (χ0n) is 9.79. The summed E-state index contributed by atoms with van der Waals surface area (Å²) in [6, 6.07) is 12.2. The minimum absolute atomic E-state index is 0.869. The molecule has 2 aromatic heterocycles. The third-order valence-electron chi connectivity index (χ3n) is 2.61. The van der Waals surface area contributed by atoms with Crippen molar-refractivity contribution >= 4 is 22.7 Å². The predicted molar refractivity (Wildman–Crippen MR) is 77.4 cm³/mol. The van der Waals surface area contributed by atoms with Gasteiger partial charge in [0.25, 0.3) is 0 Å². The van der Waals surface area contributed by atoms with Crippen molar-refractivity contribution in [1.82, 2.24) is 4.98 Å². The van der Waals surface area contributed by atoms with Gasteiger partial charge in [-0.15, -0.1) is 22.7 Å². The van der Waals surface area contributed by atoms with E-state index in [1.165, 1.54) is 9.75 Å². The Morgan fingerprint density at radius 1 is 1.06 bits per heavy atom. The molecule has 90 valence electrons. The molecule has 4 heteroatoms. The van der Waals surface area contributed by atoms with Crippen LogP contribution >= 0.6 is 22.7 Å². The third-order valence-corrected chi connectivity index (χ3v) is 4.72.